The predicted molar refractivity (Wildman–Crippen MR) is 76.7 cm³/mol. The average molecular weight is 300 g/mol. The van der Waals surface area contributed by atoms with Gasteiger partial charge in [0.25, 0.3) is 0 Å². The number of hydrogen-bond donors (Lipinski definition) is 3. The molecule has 1 aromatic heterocycles. The Morgan fingerprint density at radius 3 is 2.47 bits per heavy atom. The monoisotopic (exact) mass is 299 g/mol. The number of nitrogens with one attached hydrogen (secondary N) is 1. The highest BCUT2D eigenvalue weighted by Crippen LogP contribution is 2.23. The highest BCUT2D eigenvalue weighted by atomic mass is 35.5. The quantitative estimate of drug-likeness (QED) is 0.741. The summed E-state index contributed by atoms with van der Waals surface area (Å²) in [5.41, 5.74) is 2.23. The Labute approximate surface area is 119 Å². The van der Waals surface area contributed by atoms with Gasteiger partial charge in [0.15, 0.2) is 0 Å². The first kappa shape index (κ1) is 14.3. The van der Waals surface area contributed by atoms with Gasteiger partial charge in [-0.3, -0.25) is 4.79 Å². The normalized spacial score (nSPS) is 14.3. The first-order valence-corrected chi connectivity index (χ1v) is 7.23. The van der Waals surface area contributed by atoms with Gasteiger partial charge in [0.05, 0.1) is 11.8 Å². The number of rotatable bonds is 5. The van der Waals surface area contributed by atoms with Crippen LogP contribution in [0.3, 0.4) is 0 Å². The second kappa shape index (κ2) is 6.34. The van der Waals surface area contributed by atoms with Crippen molar-refractivity contribution in [2.75, 3.05) is 5.88 Å². The van der Waals surface area contributed by atoms with Crippen LogP contribution in [0.5, 0.6) is 0 Å². The Morgan fingerprint density at radius 2 is 1.95 bits per heavy atom. The van der Waals surface area contributed by atoms with Crippen LogP contribution < -0.4 is 4.87 Å². The Kier molecular flexibility index (Phi) is 4.76. The largest absolute Gasteiger partial charge is 0.390 e. The summed E-state index contributed by atoms with van der Waals surface area (Å²) in [5.74, 6) is 0.298. The van der Waals surface area contributed by atoms with Crippen molar-refractivity contribution in [1.29, 1.82) is 0 Å². The molecule has 0 amide bonds. The van der Waals surface area contributed by atoms with Crippen LogP contribution >= 0.6 is 22.9 Å². The summed E-state index contributed by atoms with van der Waals surface area (Å²) >= 11 is 6.64. The molecule has 2 aromatic rings. The molecule has 1 aromatic carbocycles. The molecule has 6 heteroatoms. The van der Waals surface area contributed by atoms with E-state index in [9.17, 15) is 15.0 Å². The van der Waals surface area contributed by atoms with Crippen molar-refractivity contribution >= 4 is 22.9 Å². The lowest BCUT2D eigenvalue weighted by molar-refractivity contribution is 0.0170. The number of aromatic amines is 1. The van der Waals surface area contributed by atoms with E-state index in [4.69, 9.17) is 11.6 Å². The third-order valence-electron chi connectivity index (χ3n) is 2.85. The van der Waals surface area contributed by atoms with E-state index < -0.39 is 12.2 Å². The topological polar surface area (TPSA) is 73.3 Å². The highest BCUT2D eigenvalue weighted by Gasteiger charge is 2.17. The zero-order chi connectivity index (χ0) is 13.8. The molecule has 0 radical (unpaired) electrons. The number of aliphatic hydroxyl groups excluding tert-OH is 2. The SMILES string of the molecule is O=c1[nH]c(-c2ccc(C(O)C(O)CCCl)cc2)cs1. The fraction of sp³-hybridized carbons (Fsp3) is 0.308. The van der Waals surface area contributed by atoms with Crippen LogP contribution in [0.2, 0.25) is 0 Å². The molecule has 0 aliphatic heterocycles. The Bertz CT molecular complexity index is 578. The van der Waals surface area contributed by atoms with E-state index in [2.05, 4.69) is 4.98 Å². The molecule has 0 spiro atoms. The standard InChI is InChI=1S/C13H14ClNO3S/c14-6-5-11(16)12(17)9-3-1-8(2-4-9)10-7-19-13(18)15-10/h1-4,7,11-12,16-17H,5-6H2,(H,15,18). The summed E-state index contributed by atoms with van der Waals surface area (Å²) in [5, 5.41) is 21.3. The number of alkyl halides is 1. The molecule has 2 atom stereocenters. The maximum atomic E-state index is 11.1. The van der Waals surface area contributed by atoms with Crippen LogP contribution in [-0.4, -0.2) is 27.2 Å². The molecule has 2 unspecified atom stereocenters. The van der Waals surface area contributed by atoms with Gasteiger partial charge >= 0.3 is 4.87 Å². The summed E-state index contributed by atoms with van der Waals surface area (Å²) in [4.78, 5) is 13.7. The summed E-state index contributed by atoms with van der Waals surface area (Å²) in [6.45, 7) is 0. The minimum atomic E-state index is -0.950. The van der Waals surface area contributed by atoms with E-state index in [1.165, 1.54) is 0 Å². The number of aromatic nitrogens is 1. The number of hydrogen-bond acceptors (Lipinski definition) is 4. The van der Waals surface area contributed by atoms with E-state index in [-0.39, 0.29) is 4.87 Å². The van der Waals surface area contributed by atoms with Crippen LogP contribution in [0, 0.1) is 0 Å². The van der Waals surface area contributed by atoms with Gasteiger partial charge in [-0.05, 0) is 17.5 Å². The molecule has 0 saturated carbocycles. The van der Waals surface area contributed by atoms with Gasteiger partial charge in [0, 0.05) is 11.3 Å². The second-order valence-electron chi connectivity index (χ2n) is 4.17. The van der Waals surface area contributed by atoms with Gasteiger partial charge in [-0.1, -0.05) is 35.6 Å². The molecule has 0 bridgehead atoms. The van der Waals surface area contributed by atoms with Crippen molar-refractivity contribution in [2.24, 2.45) is 0 Å². The van der Waals surface area contributed by atoms with Gasteiger partial charge in [-0.15, -0.1) is 11.6 Å². The van der Waals surface area contributed by atoms with Crippen molar-refractivity contribution in [1.82, 2.24) is 4.98 Å². The number of thiazole rings is 1. The summed E-state index contributed by atoms with van der Waals surface area (Å²) < 4.78 is 0. The van der Waals surface area contributed by atoms with E-state index >= 15 is 0 Å². The lowest BCUT2D eigenvalue weighted by Crippen LogP contribution is -2.18. The summed E-state index contributed by atoms with van der Waals surface area (Å²) in [6, 6.07) is 7.05. The van der Waals surface area contributed by atoms with Crippen molar-refractivity contribution in [3.05, 3.63) is 44.9 Å². The molecule has 3 N–H and O–H groups in total. The fourth-order valence-corrected chi connectivity index (χ4v) is 2.59. The zero-order valence-corrected chi connectivity index (χ0v) is 11.6. The molecule has 1 heterocycles. The average Bonchev–Trinajstić information content (AvgIpc) is 2.85. The van der Waals surface area contributed by atoms with Gasteiger partial charge in [0.2, 0.25) is 0 Å². The Hall–Kier alpha value is -1.14. The molecular formula is C13H14ClNO3S. The van der Waals surface area contributed by atoms with Crippen molar-refractivity contribution < 1.29 is 10.2 Å². The van der Waals surface area contributed by atoms with Crippen molar-refractivity contribution in [3.63, 3.8) is 0 Å². The zero-order valence-electron chi connectivity index (χ0n) is 10.0. The number of halogens is 1. The van der Waals surface area contributed by atoms with Gasteiger partial charge in [0.1, 0.15) is 6.10 Å². The van der Waals surface area contributed by atoms with E-state index in [1.54, 1.807) is 29.6 Å². The predicted octanol–water partition coefficient (Wildman–Crippen LogP) is 2.13. The molecule has 0 saturated heterocycles. The highest BCUT2D eigenvalue weighted by molar-refractivity contribution is 7.07. The molecule has 4 nitrogen and oxygen atoms in total. The second-order valence-corrected chi connectivity index (χ2v) is 5.39. The minimum absolute atomic E-state index is 0.100. The smallest absolute Gasteiger partial charge is 0.304 e. The Balaban J connectivity index is 2.16. The van der Waals surface area contributed by atoms with Gasteiger partial charge in [-0.2, -0.15) is 0 Å². The van der Waals surface area contributed by atoms with Crippen LogP contribution in [0.15, 0.2) is 34.4 Å². The number of H-pyrrole nitrogens is 1. The van der Waals surface area contributed by atoms with E-state index in [0.717, 1.165) is 22.6 Å². The molecule has 0 aliphatic rings. The molecule has 102 valence electrons. The molecular weight excluding hydrogens is 286 g/mol. The number of aliphatic hydroxyl groups is 2. The lowest BCUT2D eigenvalue weighted by Gasteiger charge is -2.17. The number of benzene rings is 1. The molecule has 19 heavy (non-hydrogen) atoms. The van der Waals surface area contributed by atoms with Crippen molar-refractivity contribution in [3.8, 4) is 11.3 Å². The molecule has 0 fully saturated rings. The first-order valence-electron chi connectivity index (χ1n) is 5.82. The van der Waals surface area contributed by atoms with Crippen LogP contribution in [-0.2, 0) is 0 Å². The first-order chi connectivity index (χ1) is 9.11. The maximum absolute atomic E-state index is 11.1. The summed E-state index contributed by atoms with van der Waals surface area (Å²) in [6.07, 6.45) is -1.49. The third-order valence-corrected chi connectivity index (χ3v) is 3.74. The van der Waals surface area contributed by atoms with Crippen LogP contribution in [0.25, 0.3) is 11.3 Å². The van der Waals surface area contributed by atoms with Gasteiger partial charge in [-0.25, -0.2) is 0 Å². The minimum Gasteiger partial charge on any atom is -0.390 e. The summed E-state index contributed by atoms with van der Waals surface area (Å²) in [7, 11) is 0. The maximum Gasteiger partial charge on any atom is 0.304 e. The molecule has 0 aliphatic carbocycles. The Morgan fingerprint density at radius 1 is 1.26 bits per heavy atom. The van der Waals surface area contributed by atoms with Crippen LogP contribution in [0.1, 0.15) is 18.1 Å². The van der Waals surface area contributed by atoms with Gasteiger partial charge < -0.3 is 15.2 Å². The van der Waals surface area contributed by atoms with Crippen molar-refractivity contribution in [2.45, 2.75) is 18.6 Å². The third kappa shape index (κ3) is 3.45. The van der Waals surface area contributed by atoms with Crippen LogP contribution in [0.4, 0.5) is 0 Å². The lowest BCUT2D eigenvalue weighted by atomic mass is 10.0. The molecule has 2 rings (SSSR count). The fourth-order valence-electron chi connectivity index (χ4n) is 1.77. The van der Waals surface area contributed by atoms with E-state index in [0.29, 0.717) is 17.9 Å². The van der Waals surface area contributed by atoms with E-state index in [1.807, 2.05) is 0 Å².